The van der Waals surface area contributed by atoms with Crippen molar-refractivity contribution in [2.24, 2.45) is 11.8 Å². The lowest BCUT2D eigenvalue weighted by Gasteiger charge is -2.24. The molecule has 3 saturated carbocycles. The second kappa shape index (κ2) is 3.19. The van der Waals surface area contributed by atoms with E-state index >= 15 is 0 Å². The molecule has 0 aromatic carbocycles. The van der Waals surface area contributed by atoms with Crippen LogP contribution in [0.2, 0.25) is 0 Å². The standard InChI is InChI=1S/C12H17N3S/c16-12-14-13-11(8-3-4-8)15(12)10-6-7-1-2-9(10)5-7/h7-10H,1-6H2,(H,14,16). The molecule has 0 amide bonds. The Hall–Kier alpha value is -0.640. The molecule has 3 aliphatic rings. The maximum atomic E-state index is 5.42. The maximum absolute atomic E-state index is 5.42. The van der Waals surface area contributed by atoms with Gasteiger partial charge in [0.05, 0.1) is 0 Å². The van der Waals surface area contributed by atoms with E-state index in [9.17, 15) is 0 Å². The van der Waals surface area contributed by atoms with Gasteiger partial charge in [0, 0.05) is 12.0 Å². The van der Waals surface area contributed by atoms with Crippen molar-refractivity contribution in [2.75, 3.05) is 0 Å². The number of nitrogens with one attached hydrogen (secondary N) is 1. The lowest BCUT2D eigenvalue weighted by molar-refractivity contribution is 0.320. The molecule has 3 atom stereocenters. The molecule has 0 saturated heterocycles. The fourth-order valence-electron chi connectivity index (χ4n) is 3.79. The normalized spacial score (nSPS) is 37.1. The van der Waals surface area contributed by atoms with Gasteiger partial charge in [-0.25, -0.2) is 0 Å². The lowest BCUT2D eigenvalue weighted by Crippen LogP contribution is -2.18. The van der Waals surface area contributed by atoms with Crippen LogP contribution in [0.3, 0.4) is 0 Å². The van der Waals surface area contributed by atoms with Gasteiger partial charge in [0.1, 0.15) is 5.82 Å². The predicted molar refractivity (Wildman–Crippen MR) is 63.9 cm³/mol. The minimum Gasteiger partial charge on any atom is -0.301 e. The first-order valence-electron chi connectivity index (χ1n) is 6.49. The van der Waals surface area contributed by atoms with Crippen molar-refractivity contribution in [3.63, 3.8) is 0 Å². The Kier molecular flexibility index (Phi) is 1.87. The summed E-state index contributed by atoms with van der Waals surface area (Å²) in [6, 6.07) is 0.667. The van der Waals surface area contributed by atoms with Crippen LogP contribution in [-0.2, 0) is 0 Å². The van der Waals surface area contributed by atoms with Crippen LogP contribution in [-0.4, -0.2) is 14.8 Å². The first kappa shape index (κ1) is 9.40. The summed E-state index contributed by atoms with van der Waals surface area (Å²) < 4.78 is 3.23. The minimum atomic E-state index is 0.667. The van der Waals surface area contributed by atoms with E-state index in [1.807, 2.05) is 0 Å². The molecular formula is C12H17N3S. The van der Waals surface area contributed by atoms with Crippen LogP contribution in [0.15, 0.2) is 0 Å². The van der Waals surface area contributed by atoms with Gasteiger partial charge in [0.2, 0.25) is 0 Å². The zero-order valence-corrected chi connectivity index (χ0v) is 10.2. The highest BCUT2D eigenvalue weighted by Gasteiger charge is 2.43. The van der Waals surface area contributed by atoms with Gasteiger partial charge in [-0.2, -0.15) is 5.10 Å². The Balaban J connectivity index is 1.76. The second-order valence-electron chi connectivity index (χ2n) is 5.77. The summed E-state index contributed by atoms with van der Waals surface area (Å²) in [7, 11) is 0. The predicted octanol–water partition coefficient (Wildman–Crippen LogP) is 3.18. The third-order valence-electron chi connectivity index (χ3n) is 4.71. The van der Waals surface area contributed by atoms with Gasteiger partial charge >= 0.3 is 0 Å². The molecule has 1 heterocycles. The molecule has 3 aliphatic carbocycles. The number of H-pyrrole nitrogens is 1. The van der Waals surface area contributed by atoms with Crippen molar-refractivity contribution < 1.29 is 0 Å². The summed E-state index contributed by atoms with van der Waals surface area (Å²) in [5, 5.41) is 7.46. The summed E-state index contributed by atoms with van der Waals surface area (Å²) in [5.74, 6) is 3.81. The number of nitrogens with zero attached hydrogens (tertiary/aromatic N) is 2. The molecule has 3 fully saturated rings. The van der Waals surface area contributed by atoms with Crippen molar-refractivity contribution in [2.45, 2.75) is 50.5 Å². The highest BCUT2D eigenvalue weighted by molar-refractivity contribution is 7.71. The van der Waals surface area contributed by atoms with Gasteiger partial charge < -0.3 is 4.57 Å². The molecule has 0 aliphatic heterocycles. The van der Waals surface area contributed by atoms with Gasteiger partial charge in [0.25, 0.3) is 0 Å². The highest BCUT2D eigenvalue weighted by Crippen LogP contribution is 2.52. The number of hydrogen-bond acceptors (Lipinski definition) is 2. The number of fused-ring (bicyclic) bond motifs is 2. The molecule has 1 aromatic rings. The SMILES string of the molecule is S=c1[nH]nc(C2CC2)n1C1CC2CCC1C2. The van der Waals surface area contributed by atoms with Crippen LogP contribution in [0.4, 0.5) is 0 Å². The molecule has 16 heavy (non-hydrogen) atoms. The van der Waals surface area contributed by atoms with Crippen molar-refractivity contribution in [1.82, 2.24) is 14.8 Å². The topological polar surface area (TPSA) is 33.6 Å². The van der Waals surface area contributed by atoms with Gasteiger partial charge in [-0.15, -0.1) is 0 Å². The van der Waals surface area contributed by atoms with Crippen LogP contribution in [0, 0.1) is 16.6 Å². The summed E-state index contributed by atoms with van der Waals surface area (Å²) >= 11 is 5.42. The van der Waals surface area contributed by atoms with Crippen LogP contribution in [0.1, 0.15) is 56.3 Å². The van der Waals surface area contributed by atoms with E-state index in [2.05, 4.69) is 14.8 Å². The molecule has 1 aromatic heterocycles. The Labute approximate surface area is 100 Å². The summed E-state index contributed by atoms with van der Waals surface area (Å²) in [5.41, 5.74) is 0. The van der Waals surface area contributed by atoms with Crippen LogP contribution >= 0.6 is 12.2 Å². The van der Waals surface area contributed by atoms with Gasteiger partial charge in [-0.1, -0.05) is 6.42 Å². The highest BCUT2D eigenvalue weighted by atomic mass is 32.1. The molecular weight excluding hydrogens is 218 g/mol. The van der Waals surface area contributed by atoms with Crippen LogP contribution in [0.25, 0.3) is 0 Å². The van der Waals surface area contributed by atoms with E-state index in [1.54, 1.807) is 0 Å². The fourth-order valence-corrected chi connectivity index (χ4v) is 4.07. The summed E-state index contributed by atoms with van der Waals surface area (Å²) in [6.45, 7) is 0. The second-order valence-corrected chi connectivity index (χ2v) is 6.16. The summed E-state index contributed by atoms with van der Waals surface area (Å²) in [6.07, 6.45) is 8.25. The lowest BCUT2D eigenvalue weighted by atomic mass is 9.95. The average Bonchev–Trinajstić information content (AvgIpc) is 2.74. The Morgan fingerprint density at radius 1 is 1.19 bits per heavy atom. The van der Waals surface area contributed by atoms with Crippen molar-refractivity contribution >= 4 is 12.2 Å². The van der Waals surface area contributed by atoms with Gasteiger partial charge in [0.15, 0.2) is 4.77 Å². The molecule has 4 rings (SSSR count). The molecule has 86 valence electrons. The van der Waals surface area contributed by atoms with Crippen molar-refractivity contribution in [3.05, 3.63) is 10.6 Å². The first-order chi connectivity index (χ1) is 7.83. The van der Waals surface area contributed by atoms with Crippen LogP contribution in [0.5, 0.6) is 0 Å². The largest absolute Gasteiger partial charge is 0.301 e. The molecule has 2 bridgehead atoms. The van der Waals surface area contributed by atoms with Crippen molar-refractivity contribution in [1.29, 1.82) is 0 Å². The molecule has 3 unspecified atom stereocenters. The third-order valence-corrected chi connectivity index (χ3v) is 4.99. The number of aromatic nitrogens is 3. The molecule has 4 heteroatoms. The van der Waals surface area contributed by atoms with E-state index in [1.165, 1.54) is 44.3 Å². The number of aromatic amines is 1. The van der Waals surface area contributed by atoms with Gasteiger partial charge in [-0.05, 0) is 56.2 Å². The number of hydrogen-bond donors (Lipinski definition) is 1. The molecule has 0 radical (unpaired) electrons. The monoisotopic (exact) mass is 235 g/mol. The zero-order valence-electron chi connectivity index (χ0n) is 9.35. The van der Waals surface area contributed by atoms with Crippen LogP contribution < -0.4 is 0 Å². The minimum absolute atomic E-state index is 0.667. The zero-order chi connectivity index (χ0) is 10.7. The first-order valence-corrected chi connectivity index (χ1v) is 6.90. The quantitative estimate of drug-likeness (QED) is 0.799. The Morgan fingerprint density at radius 2 is 2.06 bits per heavy atom. The molecule has 1 N–H and O–H groups in total. The average molecular weight is 235 g/mol. The van der Waals surface area contributed by atoms with E-state index in [0.717, 1.165) is 16.6 Å². The Morgan fingerprint density at radius 3 is 2.69 bits per heavy atom. The number of rotatable bonds is 2. The van der Waals surface area contributed by atoms with E-state index in [4.69, 9.17) is 12.2 Å². The summed E-state index contributed by atoms with van der Waals surface area (Å²) in [4.78, 5) is 0. The van der Waals surface area contributed by atoms with E-state index < -0.39 is 0 Å². The van der Waals surface area contributed by atoms with Gasteiger partial charge in [-0.3, -0.25) is 5.10 Å². The van der Waals surface area contributed by atoms with E-state index in [0.29, 0.717) is 12.0 Å². The third kappa shape index (κ3) is 1.25. The van der Waals surface area contributed by atoms with Crippen molar-refractivity contribution in [3.8, 4) is 0 Å². The molecule has 0 spiro atoms. The Bertz CT molecular complexity index is 471. The smallest absolute Gasteiger partial charge is 0.195 e. The van der Waals surface area contributed by atoms with E-state index in [-0.39, 0.29) is 0 Å². The molecule has 3 nitrogen and oxygen atoms in total. The fraction of sp³-hybridized carbons (Fsp3) is 0.833. The maximum Gasteiger partial charge on any atom is 0.195 e.